The molecule has 164 valence electrons. The summed E-state index contributed by atoms with van der Waals surface area (Å²) in [4.78, 5) is 24.6. The molecule has 1 aromatic rings. The standard InChI is InChI=1S/C23H32N2O5/c26-15-1-12-24-22(27)20-4-2-18(3-5-20)19-6-8-21(9-7-19)30-16-17-10-13-25(14-11-17)23(28)29/h2,6-9,17,20,26H,1,3-5,10-16H2,(H,24,27)(H,28,29). The number of carbonyl (C=O) groups is 2. The molecule has 0 spiro atoms. The van der Waals surface area contributed by atoms with Crippen LogP contribution < -0.4 is 10.1 Å². The van der Waals surface area contributed by atoms with Gasteiger partial charge in [0.2, 0.25) is 5.91 Å². The number of carbonyl (C=O) groups excluding carboxylic acids is 1. The highest BCUT2D eigenvalue weighted by Crippen LogP contribution is 2.31. The summed E-state index contributed by atoms with van der Waals surface area (Å²) < 4.78 is 5.92. The Balaban J connectivity index is 1.43. The molecule has 1 atom stereocenters. The lowest BCUT2D eigenvalue weighted by Gasteiger charge is -2.29. The van der Waals surface area contributed by atoms with E-state index in [1.54, 1.807) is 0 Å². The summed E-state index contributed by atoms with van der Waals surface area (Å²) in [6.45, 7) is 2.40. The van der Waals surface area contributed by atoms with E-state index in [9.17, 15) is 9.59 Å². The quantitative estimate of drug-likeness (QED) is 0.566. The van der Waals surface area contributed by atoms with E-state index in [4.69, 9.17) is 14.9 Å². The smallest absolute Gasteiger partial charge is 0.407 e. The first-order valence-electron chi connectivity index (χ1n) is 10.9. The molecule has 1 aliphatic carbocycles. The number of aliphatic hydroxyl groups excluding tert-OH is 1. The zero-order valence-corrected chi connectivity index (χ0v) is 17.4. The minimum absolute atomic E-state index is 0.0163. The third-order valence-electron chi connectivity index (χ3n) is 6.01. The van der Waals surface area contributed by atoms with Crippen LogP contribution in [0.2, 0.25) is 0 Å². The summed E-state index contributed by atoms with van der Waals surface area (Å²) in [5.41, 5.74) is 2.43. The van der Waals surface area contributed by atoms with Gasteiger partial charge in [0.15, 0.2) is 0 Å². The van der Waals surface area contributed by atoms with Crippen molar-refractivity contribution in [2.75, 3.05) is 32.8 Å². The molecule has 30 heavy (non-hydrogen) atoms. The lowest BCUT2D eigenvalue weighted by atomic mass is 9.86. The largest absolute Gasteiger partial charge is 0.493 e. The number of carboxylic acid groups (broad SMARTS) is 1. The van der Waals surface area contributed by atoms with Gasteiger partial charge >= 0.3 is 6.09 Å². The van der Waals surface area contributed by atoms with Crippen molar-refractivity contribution in [3.8, 4) is 5.75 Å². The van der Waals surface area contributed by atoms with Crippen LogP contribution in [0.4, 0.5) is 4.79 Å². The topological polar surface area (TPSA) is 99.1 Å². The van der Waals surface area contributed by atoms with Gasteiger partial charge < -0.3 is 25.2 Å². The highest BCUT2D eigenvalue weighted by atomic mass is 16.5. The monoisotopic (exact) mass is 416 g/mol. The van der Waals surface area contributed by atoms with Crippen LogP contribution in [0.25, 0.3) is 5.57 Å². The second-order valence-corrected chi connectivity index (χ2v) is 8.12. The molecule has 1 aliphatic heterocycles. The molecule has 0 radical (unpaired) electrons. The number of piperidine rings is 1. The van der Waals surface area contributed by atoms with Crippen molar-refractivity contribution in [3.63, 3.8) is 0 Å². The van der Waals surface area contributed by atoms with Crippen LogP contribution in [0.5, 0.6) is 5.75 Å². The molecule has 1 fully saturated rings. The van der Waals surface area contributed by atoms with Crippen molar-refractivity contribution in [2.24, 2.45) is 11.8 Å². The van der Waals surface area contributed by atoms with Gasteiger partial charge in [-0.05, 0) is 67.7 Å². The summed E-state index contributed by atoms with van der Waals surface area (Å²) in [7, 11) is 0. The maximum absolute atomic E-state index is 12.1. The zero-order chi connectivity index (χ0) is 21.3. The van der Waals surface area contributed by atoms with Gasteiger partial charge in [-0.25, -0.2) is 4.79 Å². The molecule has 0 bridgehead atoms. The van der Waals surface area contributed by atoms with E-state index in [-0.39, 0.29) is 18.4 Å². The molecule has 7 heteroatoms. The Morgan fingerprint density at radius 2 is 1.87 bits per heavy atom. The molecule has 2 amide bonds. The summed E-state index contributed by atoms with van der Waals surface area (Å²) in [5, 5.41) is 20.7. The maximum atomic E-state index is 12.1. The number of aliphatic hydroxyl groups is 1. The van der Waals surface area contributed by atoms with E-state index in [2.05, 4.69) is 23.5 Å². The number of likely N-dealkylation sites (tertiary alicyclic amines) is 1. The zero-order valence-electron chi connectivity index (χ0n) is 17.4. The Kier molecular flexibility index (Phi) is 8.13. The van der Waals surface area contributed by atoms with Crippen molar-refractivity contribution >= 4 is 17.6 Å². The van der Waals surface area contributed by atoms with Gasteiger partial charge in [-0.3, -0.25) is 4.79 Å². The second-order valence-electron chi connectivity index (χ2n) is 8.12. The van der Waals surface area contributed by atoms with E-state index in [0.29, 0.717) is 38.6 Å². The number of benzene rings is 1. The molecule has 2 aliphatic rings. The Hall–Kier alpha value is -2.54. The number of nitrogens with zero attached hydrogens (tertiary/aromatic N) is 1. The van der Waals surface area contributed by atoms with Crippen LogP contribution in [0, 0.1) is 11.8 Å². The molecule has 0 aromatic heterocycles. The molecular formula is C23H32N2O5. The minimum Gasteiger partial charge on any atom is -0.493 e. The fraction of sp³-hybridized carbons (Fsp3) is 0.565. The summed E-state index contributed by atoms with van der Waals surface area (Å²) >= 11 is 0. The Bertz CT molecular complexity index is 738. The molecule has 0 saturated carbocycles. The van der Waals surface area contributed by atoms with Crippen molar-refractivity contribution in [1.82, 2.24) is 10.2 Å². The molecule has 1 aromatic carbocycles. The van der Waals surface area contributed by atoms with Crippen LogP contribution >= 0.6 is 0 Å². The predicted octanol–water partition coefficient (Wildman–Crippen LogP) is 3.14. The average molecular weight is 417 g/mol. The van der Waals surface area contributed by atoms with Crippen LogP contribution in [-0.4, -0.2) is 60.0 Å². The van der Waals surface area contributed by atoms with E-state index in [1.165, 1.54) is 10.5 Å². The molecule has 3 N–H and O–H groups in total. The molecule has 1 saturated heterocycles. The average Bonchev–Trinajstić information content (AvgIpc) is 2.78. The second kappa shape index (κ2) is 11.0. The summed E-state index contributed by atoms with van der Waals surface area (Å²) in [6, 6.07) is 8.10. The molecular weight excluding hydrogens is 384 g/mol. The van der Waals surface area contributed by atoms with Crippen molar-refractivity contribution in [3.05, 3.63) is 35.9 Å². The van der Waals surface area contributed by atoms with Gasteiger partial charge in [0, 0.05) is 32.2 Å². The lowest BCUT2D eigenvalue weighted by molar-refractivity contribution is -0.125. The molecule has 1 heterocycles. The lowest BCUT2D eigenvalue weighted by Crippen LogP contribution is -2.38. The Labute approximate surface area is 177 Å². The molecule has 3 rings (SSSR count). The number of hydrogen-bond donors (Lipinski definition) is 3. The number of allylic oxidation sites excluding steroid dienone is 2. The number of hydrogen-bond acceptors (Lipinski definition) is 4. The van der Waals surface area contributed by atoms with Crippen molar-refractivity contribution < 1.29 is 24.5 Å². The minimum atomic E-state index is -0.837. The number of nitrogens with one attached hydrogen (secondary N) is 1. The van der Waals surface area contributed by atoms with Crippen LogP contribution in [0.3, 0.4) is 0 Å². The van der Waals surface area contributed by atoms with Gasteiger partial charge in [-0.1, -0.05) is 18.2 Å². The van der Waals surface area contributed by atoms with Crippen LogP contribution in [0.1, 0.15) is 44.1 Å². The predicted molar refractivity (Wildman–Crippen MR) is 114 cm³/mol. The first kappa shape index (κ1) is 22.2. The van der Waals surface area contributed by atoms with E-state index in [1.807, 2.05) is 12.1 Å². The Morgan fingerprint density at radius 3 is 2.47 bits per heavy atom. The van der Waals surface area contributed by atoms with Crippen LogP contribution in [0.15, 0.2) is 30.3 Å². The van der Waals surface area contributed by atoms with Gasteiger partial charge in [-0.15, -0.1) is 0 Å². The van der Waals surface area contributed by atoms with E-state index >= 15 is 0 Å². The fourth-order valence-electron chi connectivity index (χ4n) is 4.04. The number of ether oxygens (including phenoxy) is 1. The van der Waals surface area contributed by atoms with Crippen molar-refractivity contribution in [2.45, 2.75) is 38.5 Å². The van der Waals surface area contributed by atoms with E-state index < -0.39 is 6.09 Å². The van der Waals surface area contributed by atoms with Gasteiger partial charge in [0.1, 0.15) is 5.75 Å². The van der Waals surface area contributed by atoms with Gasteiger partial charge in [0.25, 0.3) is 0 Å². The third-order valence-corrected chi connectivity index (χ3v) is 6.01. The number of amides is 2. The van der Waals surface area contributed by atoms with Crippen LogP contribution in [-0.2, 0) is 4.79 Å². The summed E-state index contributed by atoms with van der Waals surface area (Å²) in [6.07, 6.45) is 6.05. The number of rotatable bonds is 8. The molecule has 1 unspecified atom stereocenters. The highest BCUT2D eigenvalue weighted by Gasteiger charge is 2.23. The van der Waals surface area contributed by atoms with Gasteiger partial charge in [0.05, 0.1) is 6.61 Å². The highest BCUT2D eigenvalue weighted by molar-refractivity contribution is 5.80. The third kappa shape index (κ3) is 6.23. The Morgan fingerprint density at radius 1 is 1.13 bits per heavy atom. The fourth-order valence-corrected chi connectivity index (χ4v) is 4.04. The first-order valence-corrected chi connectivity index (χ1v) is 10.9. The van der Waals surface area contributed by atoms with Gasteiger partial charge in [-0.2, -0.15) is 0 Å². The normalized spacial score (nSPS) is 19.8. The first-order chi connectivity index (χ1) is 14.6. The van der Waals surface area contributed by atoms with E-state index in [0.717, 1.165) is 43.4 Å². The molecule has 7 nitrogen and oxygen atoms in total. The SMILES string of the molecule is O=C(NCCCO)C1CC=C(c2ccc(OCC3CCN(C(=O)O)CC3)cc2)CC1. The van der Waals surface area contributed by atoms with Crippen molar-refractivity contribution in [1.29, 1.82) is 0 Å². The maximum Gasteiger partial charge on any atom is 0.407 e. The summed E-state index contributed by atoms with van der Waals surface area (Å²) in [5.74, 6) is 1.32.